The summed E-state index contributed by atoms with van der Waals surface area (Å²) in [5, 5.41) is 6.92. The van der Waals surface area contributed by atoms with Gasteiger partial charge >= 0.3 is 0 Å². The number of nitrogens with one attached hydrogen (secondary N) is 2. The Bertz CT molecular complexity index is 770. The molecule has 3 rings (SSSR count). The first-order valence-electron chi connectivity index (χ1n) is 10.2. The average Bonchev–Trinajstić information content (AvgIpc) is 3.01. The number of hydrogen-bond donors (Lipinski definition) is 2. The summed E-state index contributed by atoms with van der Waals surface area (Å²) in [6.45, 7) is 10.8. The number of oxazole rings is 1. The third-order valence-corrected chi connectivity index (χ3v) is 5.63. The maximum Gasteiger partial charge on any atom is 0.208 e. The first-order valence-corrected chi connectivity index (χ1v) is 10.2. The molecule has 2 aromatic rings. The molecule has 2 N–H and O–H groups in total. The van der Waals surface area contributed by atoms with E-state index in [1.165, 1.54) is 24.0 Å². The summed E-state index contributed by atoms with van der Waals surface area (Å²) in [4.78, 5) is 11.3. The smallest absolute Gasteiger partial charge is 0.208 e. The molecular weight excluding hydrogens is 350 g/mol. The summed E-state index contributed by atoms with van der Waals surface area (Å²) in [6.07, 6.45) is 2.36. The minimum absolute atomic E-state index is 0.668. The van der Waals surface area contributed by atoms with Gasteiger partial charge in [-0.1, -0.05) is 24.3 Å². The summed E-state index contributed by atoms with van der Waals surface area (Å²) >= 11 is 0. The van der Waals surface area contributed by atoms with Crippen LogP contribution in [0.4, 0.5) is 0 Å². The molecule has 152 valence electrons. The van der Waals surface area contributed by atoms with E-state index in [1.807, 2.05) is 20.9 Å². The van der Waals surface area contributed by atoms with Crippen LogP contribution in [-0.4, -0.2) is 42.5 Å². The van der Waals surface area contributed by atoms with Crippen molar-refractivity contribution in [3.63, 3.8) is 0 Å². The normalized spacial score (nSPS) is 16.4. The SMILES string of the molecule is CN=C(NCc1ccccc1C)NCC1CCN(Cc2nc(C)c(C)o2)CC1. The molecule has 1 aliphatic heterocycles. The number of rotatable bonds is 6. The summed E-state index contributed by atoms with van der Waals surface area (Å²) in [5.41, 5.74) is 3.60. The van der Waals surface area contributed by atoms with Gasteiger partial charge in [0.25, 0.3) is 0 Å². The number of piperidine rings is 1. The van der Waals surface area contributed by atoms with Gasteiger partial charge in [-0.25, -0.2) is 4.98 Å². The molecule has 0 spiro atoms. The van der Waals surface area contributed by atoms with Crippen molar-refractivity contribution < 1.29 is 4.42 Å². The van der Waals surface area contributed by atoms with Crippen molar-refractivity contribution in [1.29, 1.82) is 0 Å². The molecule has 0 atom stereocenters. The van der Waals surface area contributed by atoms with Crippen LogP contribution in [-0.2, 0) is 13.1 Å². The first kappa shape index (κ1) is 20.4. The van der Waals surface area contributed by atoms with Crippen LogP contribution in [0.5, 0.6) is 0 Å². The second kappa shape index (κ2) is 9.73. The Balaban J connectivity index is 1.38. The molecule has 0 aliphatic carbocycles. The highest BCUT2D eigenvalue weighted by molar-refractivity contribution is 5.79. The van der Waals surface area contributed by atoms with Gasteiger partial charge in [-0.15, -0.1) is 0 Å². The molecule has 6 heteroatoms. The standard InChI is InChI=1S/C22H33N5O/c1-16-7-5-6-8-20(16)14-25-22(23-4)24-13-19-9-11-27(12-10-19)15-21-26-17(2)18(3)28-21/h5-8,19H,9-15H2,1-4H3,(H2,23,24,25). The van der Waals surface area contributed by atoms with Gasteiger partial charge < -0.3 is 15.1 Å². The molecule has 2 heterocycles. The number of nitrogens with zero attached hydrogens (tertiary/aromatic N) is 3. The molecule has 0 radical (unpaired) electrons. The predicted molar refractivity (Wildman–Crippen MR) is 113 cm³/mol. The molecule has 1 fully saturated rings. The van der Waals surface area contributed by atoms with Crippen molar-refractivity contribution in [2.75, 3.05) is 26.7 Å². The van der Waals surface area contributed by atoms with Crippen LogP contribution >= 0.6 is 0 Å². The lowest BCUT2D eigenvalue weighted by atomic mass is 9.97. The van der Waals surface area contributed by atoms with Crippen LogP contribution in [0.25, 0.3) is 0 Å². The Kier molecular flexibility index (Phi) is 7.09. The van der Waals surface area contributed by atoms with Gasteiger partial charge in [-0.3, -0.25) is 9.89 Å². The van der Waals surface area contributed by atoms with E-state index < -0.39 is 0 Å². The fourth-order valence-corrected chi connectivity index (χ4v) is 3.60. The molecule has 0 saturated carbocycles. The van der Waals surface area contributed by atoms with Crippen LogP contribution in [0.1, 0.15) is 41.3 Å². The van der Waals surface area contributed by atoms with E-state index in [9.17, 15) is 0 Å². The molecule has 6 nitrogen and oxygen atoms in total. The van der Waals surface area contributed by atoms with E-state index in [0.717, 1.165) is 56.0 Å². The van der Waals surface area contributed by atoms with E-state index in [0.29, 0.717) is 5.92 Å². The Morgan fingerprint density at radius 1 is 1.18 bits per heavy atom. The van der Waals surface area contributed by atoms with Crippen molar-refractivity contribution in [2.24, 2.45) is 10.9 Å². The minimum atomic E-state index is 0.668. The first-order chi connectivity index (χ1) is 13.5. The monoisotopic (exact) mass is 383 g/mol. The average molecular weight is 384 g/mol. The second-order valence-corrected chi connectivity index (χ2v) is 7.70. The van der Waals surface area contributed by atoms with E-state index in [2.05, 4.69) is 56.7 Å². The van der Waals surface area contributed by atoms with Crippen LogP contribution in [0, 0.1) is 26.7 Å². The van der Waals surface area contributed by atoms with Gasteiger partial charge in [0.15, 0.2) is 5.96 Å². The number of aryl methyl sites for hydroxylation is 3. The summed E-state index contributed by atoms with van der Waals surface area (Å²) in [6, 6.07) is 8.45. The predicted octanol–water partition coefficient (Wildman–Crippen LogP) is 3.18. The third kappa shape index (κ3) is 5.58. The number of benzene rings is 1. The van der Waals surface area contributed by atoms with Crippen LogP contribution < -0.4 is 10.6 Å². The molecular formula is C22H33N5O. The van der Waals surface area contributed by atoms with Gasteiger partial charge in [0.1, 0.15) is 5.76 Å². The highest BCUT2D eigenvalue weighted by Crippen LogP contribution is 2.19. The van der Waals surface area contributed by atoms with E-state index in [4.69, 9.17) is 4.42 Å². The van der Waals surface area contributed by atoms with Crippen molar-refractivity contribution in [3.05, 3.63) is 52.7 Å². The topological polar surface area (TPSA) is 65.7 Å². The maximum atomic E-state index is 5.72. The van der Waals surface area contributed by atoms with Gasteiger partial charge in [0.2, 0.25) is 5.89 Å². The van der Waals surface area contributed by atoms with Crippen molar-refractivity contribution in [3.8, 4) is 0 Å². The molecule has 0 unspecified atom stereocenters. The van der Waals surface area contributed by atoms with Crippen molar-refractivity contribution >= 4 is 5.96 Å². The zero-order valence-electron chi connectivity index (χ0n) is 17.6. The lowest BCUT2D eigenvalue weighted by Gasteiger charge is -2.31. The lowest BCUT2D eigenvalue weighted by molar-refractivity contribution is 0.164. The summed E-state index contributed by atoms with van der Waals surface area (Å²) in [7, 11) is 1.83. The highest BCUT2D eigenvalue weighted by atomic mass is 16.4. The van der Waals surface area contributed by atoms with Gasteiger partial charge in [-0.05, 0) is 63.7 Å². The van der Waals surface area contributed by atoms with E-state index in [-0.39, 0.29) is 0 Å². The third-order valence-electron chi connectivity index (χ3n) is 5.63. The molecule has 1 aromatic carbocycles. The summed E-state index contributed by atoms with van der Waals surface area (Å²) in [5.74, 6) is 3.31. The van der Waals surface area contributed by atoms with E-state index in [1.54, 1.807) is 0 Å². The van der Waals surface area contributed by atoms with Crippen LogP contribution in [0.15, 0.2) is 33.7 Å². The quantitative estimate of drug-likeness (QED) is 0.592. The maximum absolute atomic E-state index is 5.72. The number of guanidine groups is 1. The Hall–Kier alpha value is -2.34. The number of aliphatic imine (C=N–C) groups is 1. The molecule has 28 heavy (non-hydrogen) atoms. The second-order valence-electron chi connectivity index (χ2n) is 7.70. The van der Waals surface area contributed by atoms with Crippen molar-refractivity contribution in [2.45, 2.75) is 46.7 Å². The molecule has 0 amide bonds. The van der Waals surface area contributed by atoms with Gasteiger partial charge in [0, 0.05) is 20.1 Å². The molecule has 1 aliphatic rings. The van der Waals surface area contributed by atoms with Gasteiger partial charge in [-0.2, -0.15) is 0 Å². The highest BCUT2D eigenvalue weighted by Gasteiger charge is 2.21. The summed E-state index contributed by atoms with van der Waals surface area (Å²) < 4.78 is 5.72. The van der Waals surface area contributed by atoms with Gasteiger partial charge in [0.05, 0.1) is 12.2 Å². The number of hydrogen-bond acceptors (Lipinski definition) is 4. The van der Waals surface area contributed by atoms with Crippen LogP contribution in [0.2, 0.25) is 0 Å². The molecule has 1 aromatic heterocycles. The number of aromatic nitrogens is 1. The Labute approximate surface area is 168 Å². The number of likely N-dealkylation sites (tertiary alicyclic amines) is 1. The Morgan fingerprint density at radius 3 is 2.57 bits per heavy atom. The zero-order valence-corrected chi connectivity index (χ0v) is 17.6. The van der Waals surface area contributed by atoms with Crippen molar-refractivity contribution in [1.82, 2.24) is 20.5 Å². The fraction of sp³-hybridized carbons (Fsp3) is 0.545. The minimum Gasteiger partial charge on any atom is -0.444 e. The lowest BCUT2D eigenvalue weighted by Crippen LogP contribution is -2.42. The van der Waals surface area contributed by atoms with Crippen LogP contribution in [0.3, 0.4) is 0 Å². The molecule has 0 bridgehead atoms. The Morgan fingerprint density at radius 2 is 1.93 bits per heavy atom. The van der Waals surface area contributed by atoms with E-state index >= 15 is 0 Å². The largest absolute Gasteiger partial charge is 0.444 e. The fourth-order valence-electron chi connectivity index (χ4n) is 3.60. The molecule has 1 saturated heterocycles. The zero-order chi connectivity index (χ0) is 19.9.